The van der Waals surface area contributed by atoms with Gasteiger partial charge in [-0.2, -0.15) is 4.72 Å². The van der Waals surface area contributed by atoms with Crippen LogP contribution in [0.4, 0.5) is 0 Å². The first-order valence-electron chi connectivity index (χ1n) is 5.33. The van der Waals surface area contributed by atoms with Gasteiger partial charge < -0.3 is 9.47 Å². The highest BCUT2D eigenvalue weighted by atomic mass is 32.2. The third kappa shape index (κ3) is 3.04. The normalized spacial score (nSPS) is 25.7. The van der Waals surface area contributed by atoms with Crippen LogP contribution in [-0.4, -0.2) is 34.0 Å². The fourth-order valence-corrected chi connectivity index (χ4v) is 2.96. The van der Waals surface area contributed by atoms with Crippen molar-refractivity contribution in [1.29, 1.82) is 0 Å². The Hall–Kier alpha value is -0.950. The molecule has 1 aliphatic rings. The van der Waals surface area contributed by atoms with E-state index >= 15 is 0 Å². The van der Waals surface area contributed by atoms with Gasteiger partial charge in [-0.3, -0.25) is 0 Å². The molecule has 5 nitrogen and oxygen atoms in total. The first kappa shape index (κ1) is 12.5. The van der Waals surface area contributed by atoms with Crippen LogP contribution >= 0.6 is 0 Å². The maximum Gasteiger partial charge on any atom is 0.242 e. The van der Waals surface area contributed by atoms with E-state index in [2.05, 4.69) is 4.72 Å². The molecule has 1 fully saturated rings. The van der Waals surface area contributed by atoms with E-state index < -0.39 is 15.7 Å². The summed E-state index contributed by atoms with van der Waals surface area (Å²) in [6.07, 6.45) is 0. The third-order valence-electron chi connectivity index (χ3n) is 2.43. The van der Waals surface area contributed by atoms with Gasteiger partial charge in [0.15, 0.2) is 5.72 Å². The van der Waals surface area contributed by atoms with Crippen molar-refractivity contribution >= 4 is 10.0 Å². The summed E-state index contributed by atoms with van der Waals surface area (Å²) in [7, 11) is -3.57. The fourth-order valence-electron chi connectivity index (χ4n) is 1.64. The minimum atomic E-state index is -3.57. The molecule has 1 unspecified atom stereocenters. The Morgan fingerprint density at radius 2 is 1.94 bits per heavy atom. The van der Waals surface area contributed by atoms with Gasteiger partial charge >= 0.3 is 0 Å². The SMILES string of the molecule is CC1(NS(=O)(=O)c2ccccc2)COCCO1. The van der Waals surface area contributed by atoms with Crippen molar-refractivity contribution in [2.75, 3.05) is 19.8 Å². The molecule has 0 spiro atoms. The van der Waals surface area contributed by atoms with Gasteiger partial charge in [0.25, 0.3) is 0 Å². The molecule has 0 radical (unpaired) electrons. The molecule has 6 heteroatoms. The Labute approximate surface area is 101 Å². The van der Waals surface area contributed by atoms with E-state index in [0.717, 1.165) is 0 Å². The molecule has 0 saturated carbocycles. The highest BCUT2D eigenvalue weighted by Crippen LogP contribution is 2.16. The van der Waals surface area contributed by atoms with Crippen LogP contribution in [0.1, 0.15) is 6.92 Å². The van der Waals surface area contributed by atoms with Crippen LogP contribution in [0.2, 0.25) is 0 Å². The number of rotatable bonds is 3. The summed E-state index contributed by atoms with van der Waals surface area (Å²) in [5.74, 6) is 0. The third-order valence-corrected chi connectivity index (χ3v) is 4.02. The minimum Gasteiger partial charge on any atom is -0.375 e. The van der Waals surface area contributed by atoms with Crippen LogP contribution in [-0.2, 0) is 19.5 Å². The van der Waals surface area contributed by atoms with Crippen LogP contribution in [0.3, 0.4) is 0 Å². The summed E-state index contributed by atoms with van der Waals surface area (Å²) in [4.78, 5) is 0.218. The topological polar surface area (TPSA) is 64.6 Å². The molecule has 0 amide bonds. The van der Waals surface area contributed by atoms with Crippen LogP contribution in [0.15, 0.2) is 35.2 Å². The standard InChI is InChI=1S/C11H15NO4S/c1-11(9-15-7-8-16-11)12-17(13,14)10-5-3-2-4-6-10/h2-6,12H,7-9H2,1H3. The maximum atomic E-state index is 12.1. The van der Waals surface area contributed by atoms with E-state index in [4.69, 9.17) is 9.47 Å². The summed E-state index contributed by atoms with van der Waals surface area (Å²) in [5, 5.41) is 0. The molecular weight excluding hydrogens is 242 g/mol. The van der Waals surface area contributed by atoms with E-state index in [0.29, 0.717) is 13.2 Å². The van der Waals surface area contributed by atoms with Crippen LogP contribution < -0.4 is 4.72 Å². The van der Waals surface area contributed by atoms with Crippen LogP contribution in [0.5, 0.6) is 0 Å². The largest absolute Gasteiger partial charge is 0.375 e. The molecule has 1 aromatic carbocycles. The molecule has 94 valence electrons. The van der Waals surface area contributed by atoms with Gasteiger partial charge in [-0.1, -0.05) is 18.2 Å². The molecule has 0 aromatic heterocycles. The minimum absolute atomic E-state index is 0.207. The average Bonchev–Trinajstić information content (AvgIpc) is 2.30. The molecule has 1 atom stereocenters. The number of sulfonamides is 1. The van der Waals surface area contributed by atoms with E-state index in [9.17, 15) is 8.42 Å². The zero-order valence-electron chi connectivity index (χ0n) is 9.55. The summed E-state index contributed by atoms with van der Waals surface area (Å²) < 4.78 is 37.3. The second-order valence-electron chi connectivity index (χ2n) is 4.05. The average molecular weight is 257 g/mol. The number of ether oxygens (including phenoxy) is 2. The van der Waals surface area contributed by atoms with Crippen molar-refractivity contribution in [2.45, 2.75) is 17.5 Å². The van der Waals surface area contributed by atoms with E-state index in [1.165, 1.54) is 12.1 Å². The molecule has 1 aliphatic heterocycles. The quantitative estimate of drug-likeness (QED) is 0.867. The monoisotopic (exact) mass is 257 g/mol. The van der Waals surface area contributed by atoms with Crippen LogP contribution in [0.25, 0.3) is 0 Å². The number of hydrogen-bond acceptors (Lipinski definition) is 4. The van der Waals surface area contributed by atoms with Crippen LogP contribution in [0, 0.1) is 0 Å². The molecule has 0 aliphatic carbocycles. The number of hydrogen-bond donors (Lipinski definition) is 1. The van der Waals surface area contributed by atoms with Crippen molar-refractivity contribution < 1.29 is 17.9 Å². The lowest BCUT2D eigenvalue weighted by Crippen LogP contribution is -2.54. The van der Waals surface area contributed by atoms with Gasteiger partial charge in [-0.15, -0.1) is 0 Å². The van der Waals surface area contributed by atoms with Crippen molar-refractivity contribution in [3.05, 3.63) is 30.3 Å². The summed E-state index contributed by atoms with van der Waals surface area (Å²) in [6, 6.07) is 8.19. The summed E-state index contributed by atoms with van der Waals surface area (Å²) in [6.45, 7) is 2.74. The molecule has 1 heterocycles. The predicted molar refractivity (Wildman–Crippen MR) is 61.9 cm³/mol. The molecule has 17 heavy (non-hydrogen) atoms. The molecule has 2 rings (SSSR count). The second kappa shape index (κ2) is 4.73. The van der Waals surface area contributed by atoms with E-state index in [1.807, 2.05) is 0 Å². The van der Waals surface area contributed by atoms with E-state index in [-0.39, 0.29) is 11.5 Å². The highest BCUT2D eigenvalue weighted by Gasteiger charge is 2.33. The van der Waals surface area contributed by atoms with Gasteiger partial charge in [0.2, 0.25) is 10.0 Å². The first-order valence-corrected chi connectivity index (χ1v) is 6.81. The first-order chi connectivity index (χ1) is 8.02. The van der Waals surface area contributed by atoms with Gasteiger partial charge in [-0.25, -0.2) is 8.42 Å². The lowest BCUT2D eigenvalue weighted by atomic mass is 10.3. The van der Waals surface area contributed by atoms with E-state index in [1.54, 1.807) is 25.1 Å². The Kier molecular flexibility index (Phi) is 3.48. The number of nitrogens with one attached hydrogen (secondary N) is 1. The lowest BCUT2D eigenvalue weighted by molar-refractivity contribution is -0.152. The predicted octanol–water partition coefficient (Wildman–Crippen LogP) is 0.728. The molecule has 1 saturated heterocycles. The Bertz CT molecular complexity index is 466. The Morgan fingerprint density at radius 3 is 2.53 bits per heavy atom. The van der Waals surface area contributed by atoms with Gasteiger partial charge in [-0.05, 0) is 19.1 Å². The summed E-state index contributed by atoms with van der Waals surface area (Å²) >= 11 is 0. The summed E-state index contributed by atoms with van der Waals surface area (Å²) in [5.41, 5.74) is -0.993. The Morgan fingerprint density at radius 1 is 1.24 bits per heavy atom. The van der Waals surface area contributed by atoms with Gasteiger partial charge in [0.05, 0.1) is 24.7 Å². The van der Waals surface area contributed by atoms with Gasteiger partial charge in [0.1, 0.15) is 0 Å². The Balaban J connectivity index is 2.17. The fraction of sp³-hybridized carbons (Fsp3) is 0.455. The van der Waals surface area contributed by atoms with Crippen molar-refractivity contribution in [3.63, 3.8) is 0 Å². The molecule has 0 bridgehead atoms. The zero-order valence-corrected chi connectivity index (χ0v) is 10.4. The zero-order chi connectivity index (χ0) is 12.4. The molecular formula is C11H15NO4S. The van der Waals surface area contributed by atoms with Crippen molar-refractivity contribution in [1.82, 2.24) is 4.72 Å². The second-order valence-corrected chi connectivity index (χ2v) is 5.73. The van der Waals surface area contributed by atoms with Gasteiger partial charge in [0, 0.05) is 0 Å². The lowest BCUT2D eigenvalue weighted by Gasteiger charge is -2.33. The molecule has 1 aromatic rings. The van der Waals surface area contributed by atoms with Crippen molar-refractivity contribution in [2.24, 2.45) is 0 Å². The highest BCUT2D eigenvalue weighted by molar-refractivity contribution is 7.89. The molecule has 1 N–H and O–H groups in total. The van der Waals surface area contributed by atoms with Crippen molar-refractivity contribution in [3.8, 4) is 0 Å². The number of benzene rings is 1. The maximum absolute atomic E-state index is 12.1. The smallest absolute Gasteiger partial charge is 0.242 e.